The highest BCUT2D eigenvalue weighted by atomic mass is 19.1. The lowest BCUT2D eigenvalue weighted by molar-refractivity contribution is -0.913. The summed E-state index contributed by atoms with van der Waals surface area (Å²) in [5.41, 5.74) is 0.929. The Morgan fingerprint density at radius 1 is 1.20 bits per heavy atom. The highest BCUT2D eigenvalue weighted by molar-refractivity contribution is 5.79. The number of halogens is 1. The SMILES string of the molecule is C[C@H](C(=O)NCc1ccc(F)cc1)[NH+]1CCCCCC1. The molecule has 1 atom stereocenters. The van der Waals surface area contributed by atoms with Crippen LogP contribution in [0.1, 0.15) is 38.2 Å². The van der Waals surface area contributed by atoms with Crippen molar-refractivity contribution in [3.63, 3.8) is 0 Å². The van der Waals surface area contributed by atoms with E-state index in [0.717, 1.165) is 18.7 Å². The number of quaternary nitrogens is 1. The summed E-state index contributed by atoms with van der Waals surface area (Å²) in [6.45, 7) is 4.65. The van der Waals surface area contributed by atoms with Crippen LogP contribution < -0.4 is 10.2 Å². The van der Waals surface area contributed by atoms with Gasteiger partial charge >= 0.3 is 0 Å². The van der Waals surface area contributed by atoms with Gasteiger partial charge in [0, 0.05) is 6.54 Å². The highest BCUT2D eigenvalue weighted by Crippen LogP contribution is 2.02. The number of carbonyl (C=O) groups is 1. The molecule has 1 aliphatic heterocycles. The summed E-state index contributed by atoms with van der Waals surface area (Å²) in [7, 11) is 0. The number of likely N-dealkylation sites (tertiary alicyclic amines) is 1. The molecule has 0 spiro atoms. The number of rotatable bonds is 4. The summed E-state index contributed by atoms with van der Waals surface area (Å²) in [5, 5.41) is 2.95. The van der Waals surface area contributed by atoms with Crippen LogP contribution in [0.15, 0.2) is 24.3 Å². The molecule has 0 saturated carbocycles. The van der Waals surface area contributed by atoms with Crippen LogP contribution >= 0.6 is 0 Å². The van der Waals surface area contributed by atoms with Crippen molar-refractivity contribution in [3.8, 4) is 0 Å². The van der Waals surface area contributed by atoms with E-state index in [1.165, 1.54) is 42.7 Å². The first-order chi connectivity index (χ1) is 9.66. The Bertz CT molecular complexity index is 425. The van der Waals surface area contributed by atoms with Crippen LogP contribution in [-0.2, 0) is 11.3 Å². The van der Waals surface area contributed by atoms with Gasteiger partial charge in [0.25, 0.3) is 5.91 Å². The van der Waals surface area contributed by atoms with Crippen molar-refractivity contribution >= 4 is 5.91 Å². The first-order valence-corrected chi connectivity index (χ1v) is 7.53. The molecule has 4 heteroatoms. The molecule has 1 aliphatic rings. The molecule has 2 N–H and O–H groups in total. The number of amides is 1. The minimum Gasteiger partial charge on any atom is -0.347 e. The smallest absolute Gasteiger partial charge is 0.278 e. The van der Waals surface area contributed by atoms with E-state index < -0.39 is 0 Å². The highest BCUT2D eigenvalue weighted by Gasteiger charge is 2.25. The van der Waals surface area contributed by atoms with Crippen molar-refractivity contribution in [3.05, 3.63) is 35.6 Å². The van der Waals surface area contributed by atoms with Gasteiger partial charge in [-0.2, -0.15) is 0 Å². The number of hydrogen-bond donors (Lipinski definition) is 2. The predicted octanol–water partition coefficient (Wildman–Crippen LogP) is 1.29. The maximum Gasteiger partial charge on any atom is 0.278 e. The lowest BCUT2D eigenvalue weighted by Gasteiger charge is -2.23. The average Bonchev–Trinajstić information content (AvgIpc) is 2.74. The summed E-state index contributed by atoms with van der Waals surface area (Å²) in [4.78, 5) is 13.6. The van der Waals surface area contributed by atoms with E-state index in [0.29, 0.717) is 6.54 Å². The molecule has 1 aromatic carbocycles. The van der Waals surface area contributed by atoms with Crippen LogP contribution in [0.3, 0.4) is 0 Å². The third kappa shape index (κ3) is 4.30. The Kier molecular flexibility index (Phi) is 5.53. The molecule has 1 aromatic rings. The van der Waals surface area contributed by atoms with Gasteiger partial charge in [-0.15, -0.1) is 0 Å². The van der Waals surface area contributed by atoms with Gasteiger partial charge in [0.15, 0.2) is 6.04 Å². The van der Waals surface area contributed by atoms with Crippen LogP contribution in [0.5, 0.6) is 0 Å². The third-order valence-electron chi connectivity index (χ3n) is 4.13. The van der Waals surface area contributed by atoms with Crippen molar-refractivity contribution < 1.29 is 14.1 Å². The molecule has 0 unspecified atom stereocenters. The molecule has 0 bridgehead atoms. The van der Waals surface area contributed by atoms with Crippen molar-refractivity contribution in [1.82, 2.24) is 5.32 Å². The Labute approximate surface area is 120 Å². The average molecular weight is 279 g/mol. The Morgan fingerprint density at radius 2 is 1.80 bits per heavy atom. The molecule has 110 valence electrons. The predicted molar refractivity (Wildman–Crippen MR) is 76.9 cm³/mol. The molecular weight excluding hydrogens is 255 g/mol. The van der Waals surface area contributed by atoms with Crippen molar-refractivity contribution in [2.45, 2.75) is 45.2 Å². The van der Waals surface area contributed by atoms with E-state index in [2.05, 4.69) is 5.32 Å². The summed E-state index contributed by atoms with van der Waals surface area (Å²) in [6.07, 6.45) is 5.00. The summed E-state index contributed by atoms with van der Waals surface area (Å²) < 4.78 is 12.8. The molecule has 1 saturated heterocycles. The summed E-state index contributed by atoms with van der Waals surface area (Å²) in [5.74, 6) is -0.159. The molecule has 1 amide bonds. The minimum atomic E-state index is -0.248. The van der Waals surface area contributed by atoms with E-state index in [9.17, 15) is 9.18 Å². The minimum absolute atomic E-state index is 0.00597. The Balaban J connectivity index is 1.82. The van der Waals surface area contributed by atoms with Crippen molar-refractivity contribution in [1.29, 1.82) is 0 Å². The van der Waals surface area contributed by atoms with Gasteiger partial charge in [-0.05, 0) is 50.3 Å². The number of benzene rings is 1. The largest absolute Gasteiger partial charge is 0.347 e. The van der Waals surface area contributed by atoms with E-state index >= 15 is 0 Å². The van der Waals surface area contributed by atoms with Gasteiger partial charge < -0.3 is 10.2 Å². The quantitative estimate of drug-likeness (QED) is 0.855. The maximum atomic E-state index is 12.8. The number of nitrogens with one attached hydrogen (secondary N) is 2. The molecular formula is C16H24FN2O+. The zero-order valence-corrected chi connectivity index (χ0v) is 12.1. The summed E-state index contributed by atoms with van der Waals surface area (Å²) in [6, 6.07) is 6.25. The fourth-order valence-electron chi connectivity index (χ4n) is 2.75. The van der Waals surface area contributed by atoms with Gasteiger partial charge in [-0.3, -0.25) is 4.79 Å². The normalized spacial score (nSPS) is 18.3. The van der Waals surface area contributed by atoms with Gasteiger partial charge in [-0.1, -0.05) is 12.1 Å². The van der Waals surface area contributed by atoms with E-state index in [1.807, 2.05) is 6.92 Å². The van der Waals surface area contributed by atoms with Crippen molar-refractivity contribution in [2.24, 2.45) is 0 Å². The second-order valence-electron chi connectivity index (χ2n) is 5.64. The van der Waals surface area contributed by atoms with Crippen LogP contribution in [0.25, 0.3) is 0 Å². The maximum absolute atomic E-state index is 12.8. The number of carbonyl (C=O) groups excluding carboxylic acids is 1. The third-order valence-corrected chi connectivity index (χ3v) is 4.13. The first-order valence-electron chi connectivity index (χ1n) is 7.53. The fourth-order valence-corrected chi connectivity index (χ4v) is 2.75. The summed E-state index contributed by atoms with van der Waals surface area (Å²) >= 11 is 0. The van der Waals surface area contributed by atoms with Crippen LogP contribution in [-0.4, -0.2) is 25.0 Å². The second-order valence-corrected chi connectivity index (χ2v) is 5.64. The molecule has 0 radical (unpaired) electrons. The van der Waals surface area contributed by atoms with Crippen LogP contribution in [0.4, 0.5) is 4.39 Å². The van der Waals surface area contributed by atoms with Gasteiger partial charge in [-0.25, -0.2) is 4.39 Å². The van der Waals surface area contributed by atoms with Crippen LogP contribution in [0, 0.1) is 5.82 Å². The van der Waals surface area contributed by atoms with E-state index in [-0.39, 0.29) is 17.8 Å². The lowest BCUT2D eigenvalue weighted by atomic mass is 10.2. The zero-order valence-electron chi connectivity index (χ0n) is 12.1. The fraction of sp³-hybridized carbons (Fsp3) is 0.562. The topological polar surface area (TPSA) is 33.5 Å². The molecule has 0 aromatic heterocycles. The van der Waals surface area contributed by atoms with Crippen LogP contribution in [0.2, 0.25) is 0 Å². The molecule has 0 aliphatic carbocycles. The monoisotopic (exact) mass is 279 g/mol. The molecule has 1 heterocycles. The molecule has 2 rings (SSSR count). The molecule has 3 nitrogen and oxygen atoms in total. The van der Waals surface area contributed by atoms with Gasteiger partial charge in [0.1, 0.15) is 5.82 Å². The standard InChI is InChI=1S/C16H23FN2O/c1-13(19-10-4-2-3-5-11-19)16(20)18-12-14-6-8-15(17)9-7-14/h6-9,13H,2-5,10-12H2,1H3,(H,18,20)/p+1/t13-/m1/s1. The second kappa shape index (κ2) is 7.39. The molecule has 20 heavy (non-hydrogen) atoms. The zero-order chi connectivity index (χ0) is 14.4. The Morgan fingerprint density at radius 3 is 2.40 bits per heavy atom. The number of hydrogen-bond acceptors (Lipinski definition) is 1. The lowest BCUT2D eigenvalue weighted by Crippen LogP contribution is -3.16. The van der Waals surface area contributed by atoms with Crippen molar-refractivity contribution in [2.75, 3.05) is 13.1 Å². The first kappa shape index (κ1) is 15.0. The van der Waals surface area contributed by atoms with Gasteiger partial charge in [0.2, 0.25) is 0 Å². The van der Waals surface area contributed by atoms with Gasteiger partial charge in [0.05, 0.1) is 13.1 Å². The Hall–Kier alpha value is -1.42. The van der Waals surface area contributed by atoms with E-state index in [1.54, 1.807) is 12.1 Å². The van der Waals surface area contributed by atoms with E-state index in [4.69, 9.17) is 0 Å². The molecule has 1 fully saturated rings.